The number of esters is 1. The Morgan fingerprint density at radius 2 is 2.00 bits per heavy atom. The van der Waals surface area contributed by atoms with Crippen molar-refractivity contribution in [2.24, 2.45) is 0 Å². The number of hydrogen-bond acceptors (Lipinski definition) is 2. The van der Waals surface area contributed by atoms with Crippen LogP contribution in [0.25, 0.3) is 0 Å². The van der Waals surface area contributed by atoms with Crippen LogP contribution in [0.5, 0.6) is 0 Å². The lowest BCUT2D eigenvalue weighted by molar-refractivity contribution is 0.0600. The molecule has 0 aliphatic carbocycles. The summed E-state index contributed by atoms with van der Waals surface area (Å²) in [5, 5.41) is 0.705. The first-order chi connectivity index (χ1) is 8.20. The van der Waals surface area contributed by atoms with E-state index in [1.807, 2.05) is 24.3 Å². The molecule has 1 aromatic carbocycles. The highest BCUT2D eigenvalue weighted by Gasteiger charge is 2.12. The van der Waals surface area contributed by atoms with E-state index in [2.05, 4.69) is 4.98 Å². The van der Waals surface area contributed by atoms with Crippen LogP contribution < -0.4 is 0 Å². The van der Waals surface area contributed by atoms with Gasteiger partial charge in [0, 0.05) is 17.4 Å². The second-order valence-corrected chi connectivity index (χ2v) is 4.13. The minimum absolute atomic E-state index is 0.324. The van der Waals surface area contributed by atoms with Gasteiger partial charge in [-0.2, -0.15) is 0 Å². The van der Waals surface area contributed by atoms with E-state index in [1.165, 1.54) is 7.11 Å². The molecule has 88 valence electrons. The molecular weight excluding hydrogens is 238 g/mol. The van der Waals surface area contributed by atoms with Crippen molar-refractivity contribution in [2.45, 2.75) is 6.42 Å². The molecule has 0 bridgehead atoms. The van der Waals surface area contributed by atoms with Gasteiger partial charge >= 0.3 is 5.97 Å². The van der Waals surface area contributed by atoms with Crippen LogP contribution in [0.3, 0.4) is 0 Å². The number of rotatable bonds is 3. The van der Waals surface area contributed by atoms with Gasteiger partial charge in [-0.15, -0.1) is 0 Å². The van der Waals surface area contributed by atoms with Crippen molar-refractivity contribution in [3.8, 4) is 0 Å². The first-order valence-electron chi connectivity index (χ1n) is 5.19. The van der Waals surface area contributed by atoms with Crippen LogP contribution in [0, 0.1) is 0 Å². The van der Waals surface area contributed by atoms with E-state index in [4.69, 9.17) is 16.3 Å². The van der Waals surface area contributed by atoms with Crippen LogP contribution in [0.4, 0.5) is 0 Å². The third-order valence-corrected chi connectivity index (χ3v) is 2.80. The molecule has 0 unspecified atom stereocenters. The van der Waals surface area contributed by atoms with E-state index in [9.17, 15) is 4.79 Å². The van der Waals surface area contributed by atoms with Crippen molar-refractivity contribution >= 4 is 17.6 Å². The van der Waals surface area contributed by atoms with Gasteiger partial charge in [0.15, 0.2) is 0 Å². The summed E-state index contributed by atoms with van der Waals surface area (Å²) >= 11 is 5.82. The zero-order valence-electron chi connectivity index (χ0n) is 9.37. The first-order valence-corrected chi connectivity index (χ1v) is 5.57. The predicted octanol–water partition coefficient (Wildman–Crippen LogP) is 3.05. The largest absolute Gasteiger partial charge is 0.465 e. The third kappa shape index (κ3) is 2.68. The minimum Gasteiger partial charge on any atom is -0.465 e. The van der Waals surface area contributed by atoms with Crippen LogP contribution in [-0.2, 0) is 11.2 Å². The van der Waals surface area contributed by atoms with Gasteiger partial charge in [0.2, 0.25) is 0 Å². The molecule has 0 radical (unpaired) electrons. The molecule has 0 saturated heterocycles. The van der Waals surface area contributed by atoms with Crippen molar-refractivity contribution in [2.75, 3.05) is 7.11 Å². The number of aromatic nitrogens is 1. The van der Waals surface area contributed by atoms with E-state index in [0.717, 1.165) is 11.1 Å². The number of methoxy groups -OCH3 is 1. The minimum atomic E-state index is -0.324. The number of ether oxygens (including phenoxy) is 1. The average molecular weight is 250 g/mol. The fourth-order valence-electron chi connectivity index (χ4n) is 1.66. The quantitative estimate of drug-likeness (QED) is 0.850. The second-order valence-electron chi connectivity index (χ2n) is 3.69. The van der Waals surface area contributed by atoms with Crippen molar-refractivity contribution in [1.29, 1.82) is 0 Å². The molecule has 0 saturated carbocycles. The number of carbonyl (C=O) groups is 1. The van der Waals surface area contributed by atoms with Crippen molar-refractivity contribution in [3.63, 3.8) is 0 Å². The summed E-state index contributed by atoms with van der Waals surface area (Å²) in [5.74, 6) is -0.324. The molecule has 1 N–H and O–H groups in total. The maximum absolute atomic E-state index is 11.5. The lowest BCUT2D eigenvalue weighted by Gasteiger charge is -2.03. The molecule has 0 aliphatic heterocycles. The summed E-state index contributed by atoms with van der Waals surface area (Å²) in [6.07, 6.45) is 4.13. The summed E-state index contributed by atoms with van der Waals surface area (Å²) in [7, 11) is 1.38. The fourth-order valence-corrected chi connectivity index (χ4v) is 1.79. The van der Waals surface area contributed by atoms with Gasteiger partial charge in [0.05, 0.1) is 12.7 Å². The number of aromatic amines is 1. The Hall–Kier alpha value is -1.74. The zero-order valence-corrected chi connectivity index (χ0v) is 10.1. The van der Waals surface area contributed by atoms with E-state index >= 15 is 0 Å². The number of benzene rings is 1. The molecule has 1 aromatic heterocycles. The summed E-state index contributed by atoms with van der Waals surface area (Å²) in [6.45, 7) is 0. The molecule has 4 heteroatoms. The summed E-state index contributed by atoms with van der Waals surface area (Å²) in [4.78, 5) is 14.4. The Bertz CT molecular complexity index is 516. The number of hydrogen-bond donors (Lipinski definition) is 1. The van der Waals surface area contributed by atoms with E-state index in [-0.39, 0.29) is 5.97 Å². The highest BCUT2D eigenvalue weighted by Crippen LogP contribution is 2.17. The van der Waals surface area contributed by atoms with Gasteiger partial charge < -0.3 is 9.72 Å². The zero-order chi connectivity index (χ0) is 12.3. The fraction of sp³-hybridized carbons (Fsp3) is 0.154. The Kier molecular flexibility index (Phi) is 3.49. The highest BCUT2D eigenvalue weighted by atomic mass is 35.5. The molecule has 3 nitrogen and oxygen atoms in total. The second kappa shape index (κ2) is 5.06. The summed E-state index contributed by atoms with van der Waals surface area (Å²) in [6, 6.07) is 7.55. The first kappa shape index (κ1) is 11.7. The molecule has 0 amide bonds. The van der Waals surface area contributed by atoms with Crippen LogP contribution in [0.2, 0.25) is 5.02 Å². The van der Waals surface area contributed by atoms with E-state index in [0.29, 0.717) is 17.0 Å². The van der Waals surface area contributed by atoms with Crippen LogP contribution >= 0.6 is 11.6 Å². The van der Waals surface area contributed by atoms with Gasteiger partial charge in [-0.05, 0) is 29.7 Å². The molecule has 2 rings (SSSR count). The number of H-pyrrole nitrogens is 1. The predicted molar refractivity (Wildman–Crippen MR) is 66.4 cm³/mol. The molecule has 17 heavy (non-hydrogen) atoms. The summed E-state index contributed by atoms with van der Waals surface area (Å²) < 4.78 is 4.71. The van der Waals surface area contributed by atoms with Crippen LogP contribution in [0.15, 0.2) is 36.7 Å². The maximum Gasteiger partial charge on any atom is 0.339 e. The standard InChI is InChI=1S/C13H12ClNO2/c1-17-13(16)12-8-15-7-10(12)6-9-2-4-11(14)5-3-9/h2-5,7-8,15H,6H2,1H3. The Morgan fingerprint density at radius 1 is 1.29 bits per heavy atom. The smallest absolute Gasteiger partial charge is 0.339 e. The summed E-state index contributed by atoms with van der Waals surface area (Å²) in [5.41, 5.74) is 2.58. The monoisotopic (exact) mass is 249 g/mol. The number of halogens is 1. The lowest BCUT2D eigenvalue weighted by atomic mass is 10.0. The lowest BCUT2D eigenvalue weighted by Crippen LogP contribution is -2.03. The Morgan fingerprint density at radius 3 is 2.65 bits per heavy atom. The molecule has 2 aromatic rings. The molecule has 0 fully saturated rings. The Balaban J connectivity index is 2.21. The average Bonchev–Trinajstić information content (AvgIpc) is 2.79. The highest BCUT2D eigenvalue weighted by molar-refractivity contribution is 6.30. The van der Waals surface area contributed by atoms with E-state index < -0.39 is 0 Å². The third-order valence-electron chi connectivity index (χ3n) is 2.54. The van der Waals surface area contributed by atoms with Gasteiger partial charge in [-0.3, -0.25) is 0 Å². The Labute approximate surface area is 104 Å². The van der Waals surface area contributed by atoms with Crippen molar-refractivity contribution in [1.82, 2.24) is 4.98 Å². The van der Waals surface area contributed by atoms with Gasteiger partial charge in [-0.1, -0.05) is 23.7 Å². The number of nitrogens with one attached hydrogen (secondary N) is 1. The van der Waals surface area contributed by atoms with Crippen LogP contribution in [-0.4, -0.2) is 18.1 Å². The van der Waals surface area contributed by atoms with Gasteiger partial charge in [-0.25, -0.2) is 4.79 Å². The SMILES string of the molecule is COC(=O)c1c[nH]cc1Cc1ccc(Cl)cc1. The molecule has 0 aliphatic rings. The van der Waals surface area contributed by atoms with Gasteiger partial charge in [0.25, 0.3) is 0 Å². The molecule has 0 spiro atoms. The molecular formula is C13H12ClNO2. The molecule has 0 atom stereocenters. The topological polar surface area (TPSA) is 42.1 Å². The van der Waals surface area contributed by atoms with Gasteiger partial charge in [0.1, 0.15) is 0 Å². The molecule has 1 heterocycles. The van der Waals surface area contributed by atoms with Crippen molar-refractivity contribution in [3.05, 3.63) is 58.4 Å². The maximum atomic E-state index is 11.5. The normalized spacial score (nSPS) is 10.2. The number of carbonyl (C=O) groups excluding carboxylic acids is 1. The van der Waals surface area contributed by atoms with E-state index in [1.54, 1.807) is 12.4 Å². The van der Waals surface area contributed by atoms with Crippen molar-refractivity contribution < 1.29 is 9.53 Å². The van der Waals surface area contributed by atoms with Crippen LogP contribution in [0.1, 0.15) is 21.5 Å².